The molecule has 12 N–H and O–H groups in total. The van der Waals surface area contributed by atoms with E-state index in [1.165, 1.54) is 55.4 Å². The van der Waals surface area contributed by atoms with Gasteiger partial charge in [-0.1, -0.05) is 55.4 Å². The minimum absolute atomic E-state index is 0.399. The normalized spacial score (nSPS) is 16.9. The van der Waals surface area contributed by atoms with Crippen LogP contribution in [0.2, 0.25) is 0 Å². The third-order valence-corrected chi connectivity index (χ3v) is 14.8. The summed E-state index contributed by atoms with van der Waals surface area (Å²) in [6.07, 6.45) is 0. The van der Waals surface area contributed by atoms with Gasteiger partial charge in [0.2, 0.25) is 0 Å². The van der Waals surface area contributed by atoms with E-state index < -0.39 is 198 Å². The lowest BCUT2D eigenvalue weighted by Gasteiger charge is -2.38. The van der Waals surface area contributed by atoms with E-state index in [0.29, 0.717) is 0 Å². The lowest BCUT2D eigenvalue weighted by molar-refractivity contribution is 0.391. The van der Waals surface area contributed by atoms with Gasteiger partial charge in [-0.15, -0.1) is 0 Å². The zero-order chi connectivity index (χ0) is 49.2. The Morgan fingerprint density at radius 2 is 0.406 bits per heavy atom. The molecule has 0 aliphatic heterocycles. The zero-order valence-electron chi connectivity index (χ0n) is 35.4. The number of phenolic OH excluding ortho intramolecular Hbond substituents is 8. The van der Waals surface area contributed by atoms with E-state index >= 15 is 0 Å². The van der Waals surface area contributed by atoms with Crippen LogP contribution in [0.4, 0.5) is 0 Å². The zero-order valence-corrected chi connectivity index (χ0v) is 38.7. The van der Waals surface area contributed by atoms with E-state index in [1.807, 2.05) is 0 Å². The Morgan fingerprint density at radius 3 is 0.500 bits per heavy atom. The maximum absolute atomic E-state index is 12.4. The van der Waals surface area contributed by atoms with Gasteiger partial charge in [0.1, 0.15) is 69.0 Å². The van der Waals surface area contributed by atoms with E-state index in [-0.39, 0.29) is 0 Å². The molecule has 0 radical (unpaired) electrons. The van der Waals surface area contributed by atoms with Gasteiger partial charge in [-0.2, -0.15) is 33.7 Å². The van der Waals surface area contributed by atoms with E-state index in [2.05, 4.69) is 0 Å². The predicted molar refractivity (Wildman–Crippen MR) is 229 cm³/mol. The fraction of sp³-hybridized carbons (Fsp3) is 0.400. The van der Waals surface area contributed by atoms with Crippen LogP contribution < -0.4 is 0 Å². The molecule has 0 saturated heterocycles. The van der Waals surface area contributed by atoms with E-state index in [1.54, 1.807) is 0 Å². The Morgan fingerprint density at radius 1 is 0.297 bits per heavy atom. The molecule has 0 unspecified atom stereocenters. The summed E-state index contributed by atoms with van der Waals surface area (Å²) in [6, 6.07) is 4.30. The van der Waals surface area contributed by atoms with Crippen molar-refractivity contribution in [3.63, 3.8) is 0 Å². The molecular formula is C40H48O20S4. The standard InChI is InChI=1S/C40H48O20S4/c1-37(2)21-9-23(31(43)17(29(21)41)13-61(49,50)51)38(3,4)25-11-27(35(47)19(33(25)45)15-63(55,56)57)40(7,8)28-12-26(34(46)20(36(28)48)16-64(58,59)60)39(5,6)24-10-22(37)30(42)18(32(24)44)14-62(52,53)54/h9-12,41-48H,13-16H2,1-8H3,(H,49,50,51)(H,52,53,54)(H,55,56,57)(H,58,59,60). The van der Waals surface area contributed by atoms with Gasteiger partial charge in [0.15, 0.2) is 0 Å². The Balaban J connectivity index is 2.22. The van der Waals surface area contributed by atoms with Crippen LogP contribution in [-0.2, 0) is 85.1 Å². The molecule has 0 spiro atoms. The minimum atomic E-state index is -5.13. The summed E-state index contributed by atoms with van der Waals surface area (Å²) in [4.78, 5) is 0. The highest BCUT2D eigenvalue weighted by Crippen LogP contribution is 2.57. The van der Waals surface area contributed by atoms with Crippen LogP contribution in [0, 0.1) is 0 Å². The lowest BCUT2D eigenvalue weighted by Crippen LogP contribution is -2.29. The van der Waals surface area contributed by atoms with E-state index in [0.717, 1.165) is 24.3 Å². The average Bonchev–Trinajstić information content (AvgIpc) is 3.09. The van der Waals surface area contributed by atoms with Crippen LogP contribution in [0.15, 0.2) is 24.3 Å². The number of phenols is 8. The molecule has 1 aliphatic rings. The molecule has 8 bridgehead atoms. The molecule has 352 valence electrons. The van der Waals surface area contributed by atoms with Crippen molar-refractivity contribution in [1.29, 1.82) is 0 Å². The molecule has 20 nitrogen and oxygen atoms in total. The lowest BCUT2D eigenvalue weighted by atomic mass is 9.66. The van der Waals surface area contributed by atoms with Gasteiger partial charge in [-0.05, 0) is 24.3 Å². The fourth-order valence-corrected chi connectivity index (χ4v) is 11.1. The fourth-order valence-electron chi connectivity index (χ4n) is 8.54. The molecule has 0 heterocycles. The summed E-state index contributed by atoms with van der Waals surface area (Å²) >= 11 is 0. The monoisotopic (exact) mass is 976 g/mol. The summed E-state index contributed by atoms with van der Waals surface area (Å²) in [5.74, 6) is -14.1. The van der Waals surface area contributed by atoms with Crippen LogP contribution in [0.5, 0.6) is 46.0 Å². The van der Waals surface area contributed by atoms with Gasteiger partial charge in [0.05, 0.1) is 22.3 Å². The van der Waals surface area contributed by atoms with Gasteiger partial charge in [0.25, 0.3) is 40.5 Å². The molecule has 0 atom stereocenters. The van der Waals surface area contributed by atoms with Crippen molar-refractivity contribution < 1.29 is 92.7 Å². The molecule has 0 fully saturated rings. The summed E-state index contributed by atoms with van der Waals surface area (Å²) < 4.78 is 140. The first-order valence-electron chi connectivity index (χ1n) is 18.7. The first kappa shape index (κ1) is 49.9. The highest BCUT2D eigenvalue weighted by Gasteiger charge is 2.45. The van der Waals surface area contributed by atoms with Crippen molar-refractivity contribution in [1.82, 2.24) is 0 Å². The van der Waals surface area contributed by atoms with Crippen molar-refractivity contribution in [2.75, 3.05) is 0 Å². The Labute approximate surface area is 368 Å². The summed E-state index contributed by atoms with van der Waals surface area (Å²) in [5.41, 5.74) is -14.5. The van der Waals surface area contributed by atoms with Crippen LogP contribution in [0.1, 0.15) is 122 Å². The number of aromatic hydroxyl groups is 8. The van der Waals surface area contributed by atoms with Crippen LogP contribution in [0.25, 0.3) is 0 Å². The number of hydrogen-bond donors (Lipinski definition) is 12. The molecule has 4 aromatic rings. The second kappa shape index (κ2) is 15.3. The van der Waals surface area contributed by atoms with E-state index in [9.17, 15) is 92.7 Å². The van der Waals surface area contributed by atoms with Crippen LogP contribution in [-0.4, -0.2) is 92.7 Å². The summed E-state index contributed by atoms with van der Waals surface area (Å²) in [5, 5.41) is 94.9. The predicted octanol–water partition coefficient (Wildman–Crippen LogP) is 4.50. The molecule has 64 heavy (non-hydrogen) atoms. The molecule has 24 heteroatoms. The van der Waals surface area contributed by atoms with Crippen LogP contribution >= 0.6 is 0 Å². The molecular weight excluding hydrogens is 929 g/mol. The summed E-state index contributed by atoms with van der Waals surface area (Å²) in [6.45, 7) is 10.3. The van der Waals surface area contributed by atoms with Crippen molar-refractivity contribution >= 4 is 40.5 Å². The van der Waals surface area contributed by atoms with E-state index in [4.69, 9.17) is 0 Å². The molecule has 1 aliphatic carbocycles. The van der Waals surface area contributed by atoms with Crippen molar-refractivity contribution in [2.45, 2.75) is 100 Å². The molecule has 4 aromatic carbocycles. The number of benzene rings is 4. The van der Waals surface area contributed by atoms with Gasteiger partial charge >= 0.3 is 0 Å². The minimum Gasteiger partial charge on any atom is -0.507 e. The average molecular weight is 977 g/mol. The van der Waals surface area contributed by atoms with Crippen molar-refractivity contribution in [3.8, 4) is 46.0 Å². The maximum Gasteiger partial charge on any atom is 0.269 e. The molecule has 0 amide bonds. The Kier molecular flexibility index (Phi) is 11.9. The highest BCUT2D eigenvalue weighted by atomic mass is 32.2. The maximum atomic E-state index is 12.4. The third-order valence-electron chi connectivity index (χ3n) is 12.2. The second-order valence-corrected chi connectivity index (χ2v) is 23.8. The van der Waals surface area contributed by atoms with Gasteiger partial charge in [0, 0.05) is 66.2 Å². The van der Waals surface area contributed by atoms with Crippen molar-refractivity contribution in [2.24, 2.45) is 0 Å². The topological polar surface area (TPSA) is 379 Å². The second-order valence-electron chi connectivity index (χ2n) is 18.0. The quantitative estimate of drug-likeness (QED) is 0.108. The smallest absolute Gasteiger partial charge is 0.269 e. The largest absolute Gasteiger partial charge is 0.507 e. The van der Waals surface area contributed by atoms with Crippen LogP contribution in [0.3, 0.4) is 0 Å². The number of hydrogen-bond acceptors (Lipinski definition) is 16. The summed E-state index contributed by atoms with van der Waals surface area (Å²) in [7, 11) is -20.5. The SMILES string of the molecule is CC1(C)c2cc(c(O)c(CS(=O)(=O)O)c2O)C(C)(C)c2cc(c(O)c(CS(=O)(=O)O)c2O)C(C)(C)c2cc(c(O)c(CS(=O)(=O)O)c2O)C(C)(C)c2cc1c(O)c(CS(=O)(=O)O)c2O. The van der Waals surface area contributed by atoms with Gasteiger partial charge in [-0.25, -0.2) is 0 Å². The van der Waals surface area contributed by atoms with Crippen molar-refractivity contribution in [3.05, 3.63) is 91.0 Å². The molecule has 5 rings (SSSR count). The first-order chi connectivity index (χ1) is 28.6. The number of fused-ring (bicyclic) bond motifs is 8. The highest BCUT2D eigenvalue weighted by molar-refractivity contribution is 7.85. The number of rotatable bonds is 8. The molecule has 0 saturated carbocycles. The Hall–Kier alpha value is -5.08. The third kappa shape index (κ3) is 8.71. The van der Waals surface area contributed by atoms with Gasteiger partial charge in [-0.3, -0.25) is 18.2 Å². The molecule has 0 aromatic heterocycles. The first-order valence-corrected chi connectivity index (χ1v) is 25.2. The Bertz CT molecular complexity index is 2590. The van der Waals surface area contributed by atoms with Gasteiger partial charge < -0.3 is 40.9 Å².